The molecule has 0 saturated heterocycles. The van der Waals surface area contributed by atoms with E-state index in [4.69, 9.17) is 14.2 Å². The fraction of sp³-hybridized carbons (Fsp3) is 0.764. The topological polar surface area (TPSA) is 78.9 Å². The molecule has 0 bridgehead atoms. The second-order valence-electron chi connectivity index (χ2n) is 17.1. The molecule has 0 spiro atoms. The van der Waals surface area contributed by atoms with Gasteiger partial charge in [-0.25, -0.2) is 0 Å². The Morgan fingerprint density at radius 3 is 0.934 bits per heavy atom. The monoisotopic (exact) mass is 853 g/mol. The van der Waals surface area contributed by atoms with Crippen LogP contribution in [0, 0.1) is 0 Å². The molecule has 61 heavy (non-hydrogen) atoms. The van der Waals surface area contributed by atoms with E-state index in [0.29, 0.717) is 12.8 Å². The molecular formula is C55H96O6. The molecule has 0 radical (unpaired) electrons. The molecule has 0 aliphatic heterocycles. The van der Waals surface area contributed by atoms with Crippen molar-refractivity contribution in [3.63, 3.8) is 0 Å². The standard InChI is InChI=1S/C55H96O6/c1-4-7-10-13-16-19-21-23-25-26-27-28-29-31-32-34-36-39-42-45-48-54(57)60-51-52(50-59-53(56)47-44-41-38-18-15-12-9-6-3)61-55(58)49-46-43-40-37-35-33-30-24-22-20-17-14-11-8-5-2/h8,11,17,20,24,30,35,37,43,46,52H,4-7,9-10,12-16,18-19,21-23,25-29,31-34,36,38-42,44-45,47-51H2,1-3H3/b11-8-,20-17-,30-24-,37-35-,46-43-. The Morgan fingerprint density at radius 1 is 0.344 bits per heavy atom. The Balaban J connectivity index is 4.33. The highest BCUT2D eigenvalue weighted by Gasteiger charge is 2.19. The summed E-state index contributed by atoms with van der Waals surface area (Å²) in [6.45, 7) is 6.42. The van der Waals surface area contributed by atoms with Crippen LogP contribution in [-0.4, -0.2) is 37.2 Å². The molecule has 1 atom stereocenters. The third-order valence-electron chi connectivity index (χ3n) is 11.1. The fourth-order valence-corrected chi connectivity index (χ4v) is 7.22. The van der Waals surface area contributed by atoms with Gasteiger partial charge in [-0.05, 0) is 44.9 Å². The number of esters is 3. The van der Waals surface area contributed by atoms with Gasteiger partial charge in [-0.1, -0.05) is 248 Å². The minimum atomic E-state index is -0.823. The van der Waals surface area contributed by atoms with Crippen LogP contribution in [-0.2, 0) is 28.6 Å². The minimum absolute atomic E-state index is 0.101. The molecule has 0 aromatic carbocycles. The van der Waals surface area contributed by atoms with Crippen LogP contribution in [0.2, 0.25) is 0 Å². The van der Waals surface area contributed by atoms with Crippen molar-refractivity contribution in [1.82, 2.24) is 0 Å². The summed E-state index contributed by atoms with van der Waals surface area (Å²) in [6.07, 6.45) is 61.1. The number of carbonyl (C=O) groups is 3. The van der Waals surface area contributed by atoms with Gasteiger partial charge >= 0.3 is 17.9 Å². The molecule has 0 N–H and O–H groups in total. The van der Waals surface area contributed by atoms with E-state index in [9.17, 15) is 14.4 Å². The molecule has 1 unspecified atom stereocenters. The van der Waals surface area contributed by atoms with E-state index in [2.05, 4.69) is 69.4 Å². The molecule has 0 heterocycles. The van der Waals surface area contributed by atoms with Gasteiger partial charge in [0.25, 0.3) is 0 Å². The number of rotatable bonds is 46. The predicted molar refractivity (Wildman–Crippen MR) is 261 cm³/mol. The first-order valence-corrected chi connectivity index (χ1v) is 25.8. The molecule has 0 saturated carbocycles. The van der Waals surface area contributed by atoms with E-state index in [1.807, 2.05) is 6.08 Å². The highest BCUT2D eigenvalue weighted by molar-refractivity contribution is 5.72. The molecule has 0 amide bonds. The second-order valence-corrected chi connectivity index (χ2v) is 17.1. The summed E-state index contributed by atoms with van der Waals surface area (Å²) >= 11 is 0. The van der Waals surface area contributed by atoms with Crippen LogP contribution in [0.25, 0.3) is 0 Å². The Bertz CT molecular complexity index is 1120. The lowest BCUT2D eigenvalue weighted by molar-refractivity contribution is -0.166. The molecule has 6 nitrogen and oxygen atoms in total. The maximum absolute atomic E-state index is 12.7. The number of carbonyl (C=O) groups excluding carboxylic acids is 3. The highest BCUT2D eigenvalue weighted by Crippen LogP contribution is 2.16. The van der Waals surface area contributed by atoms with Gasteiger partial charge in [-0.2, -0.15) is 0 Å². The predicted octanol–water partition coefficient (Wildman–Crippen LogP) is 16.9. The number of hydrogen-bond donors (Lipinski definition) is 0. The van der Waals surface area contributed by atoms with Crippen molar-refractivity contribution in [3.05, 3.63) is 60.8 Å². The summed E-state index contributed by atoms with van der Waals surface area (Å²) in [6, 6.07) is 0. The highest BCUT2D eigenvalue weighted by atomic mass is 16.6. The third kappa shape index (κ3) is 48.0. The minimum Gasteiger partial charge on any atom is -0.462 e. The van der Waals surface area contributed by atoms with Gasteiger partial charge in [0.1, 0.15) is 13.2 Å². The van der Waals surface area contributed by atoms with Gasteiger partial charge in [0, 0.05) is 12.8 Å². The Morgan fingerprint density at radius 2 is 0.623 bits per heavy atom. The number of unbranched alkanes of at least 4 members (excludes halogenated alkanes) is 26. The smallest absolute Gasteiger partial charge is 0.310 e. The van der Waals surface area contributed by atoms with Gasteiger partial charge in [-0.15, -0.1) is 0 Å². The number of ether oxygens (including phenoxy) is 3. The van der Waals surface area contributed by atoms with Crippen molar-refractivity contribution < 1.29 is 28.6 Å². The summed E-state index contributed by atoms with van der Waals surface area (Å²) in [5.41, 5.74) is 0. The molecule has 0 aliphatic rings. The van der Waals surface area contributed by atoms with Crippen molar-refractivity contribution in [3.8, 4) is 0 Å². The van der Waals surface area contributed by atoms with Crippen molar-refractivity contribution in [2.45, 2.75) is 258 Å². The van der Waals surface area contributed by atoms with E-state index < -0.39 is 12.1 Å². The number of hydrogen-bond acceptors (Lipinski definition) is 6. The van der Waals surface area contributed by atoms with Gasteiger partial charge in [0.05, 0.1) is 6.42 Å². The lowest BCUT2D eigenvalue weighted by Crippen LogP contribution is -2.30. The first kappa shape index (κ1) is 58.1. The first-order valence-electron chi connectivity index (χ1n) is 25.8. The lowest BCUT2D eigenvalue weighted by atomic mass is 10.0. The van der Waals surface area contributed by atoms with Gasteiger partial charge in [-0.3, -0.25) is 14.4 Å². The van der Waals surface area contributed by atoms with Crippen LogP contribution in [0.5, 0.6) is 0 Å². The zero-order valence-corrected chi connectivity index (χ0v) is 40.2. The average molecular weight is 853 g/mol. The van der Waals surface area contributed by atoms with Crippen molar-refractivity contribution in [2.75, 3.05) is 13.2 Å². The summed E-state index contributed by atoms with van der Waals surface area (Å²) in [5, 5.41) is 0. The van der Waals surface area contributed by atoms with E-state index >= 15 is 0 Å². The molecule has 6 heteroatoms. The van der Waals surface area contributed by atoms with E-state index in [1.54, 1.807) is 6.08 Å². The Labute approximate surface area is 377 Å². The summed E-state index contributed by atoms with van der Waals surface area (Å²) in [4.78, 5) is 37.8. The van der Waals surface area contributed by atoms with Crippen molar-refractivity contribution in [1.29, 1.82) is 0 Å². The summed E-state index contributed by atoms with van der Waals surface area (Å²) in [5.74, 6) is -1.04. The normalized spacial score (nSPS) is 12.5. The largest absolute Gasteiger partial charge is 0.462 e. The second kappa shape index (κ2) is 49.8. The Kier molecular flexibility index (Phi) is 47.4. The van der Waals surface area contributed by atoms with Crippen LogP contribution in [0.3, 0.4) is 0 Å². The molecule has 352 valence electrons. The molecular weight excluding hydrogens is 757 g/mol. The zero-order chi connectivity index (χ0) is 44.4. The third-order valence-corrected chi connectivity index (χ3v) is 11.1. The SMILES string of the molecule is CC/C=C\C/C=C\C/C=C\C/C=C\C/C=C\CC(=O)OC(COC(=O)CCCCCCCCCC)COC(=O)CCCCCCCCCCCCCCCCCCCCCC. The molecule has 0 aliphatic carbocycles. The van der Waals surface area contributed by atoms with Crippen LogP contribution < -0.4 is 0 Å². The van der Waals surface area contributed by atoms with Crippen LogP contribution in [0.15, 0.2) is 60.8 Å². The van der Waals surface area contributed by atoms with Crippen LogP contribution in [0.4, 0.5) is 0 Å². The first-order chi connectivity index (χ1) is 30.0. The lowest BCUT2D eigenvalue weighted by Gasteiger charge is -2.18. The van der Waals surface area contributed by atoms with E-state index in [-0.39, 0.29) is 31.6 Å². The summed E-state index contributed by atoms with van der Waals surface area (Å²) in [7, 11) is 0. The van der Waals surface area contributed by atoms with E-state index in [1.165, 1.54) is 141 Å². The van der Waals surface area contributed by atoms with Crippen molar-refractivity contribution >= 4 is 17.9 Å². The Hall–Kier alpha value is -2.89. The average Bonchev–Trinajstić information content (AvgIpc) is 3.26. The zero-order valence-electron chi connectivity index (χ0n) is 40.2. The molecule has 0 aromatic heterocycles. The maximum atomic E-state index is 12.7. The fourth-order valence-electron chi connectivity index (χ4n) is 7.22. The molecule has 0 fully saturated rings. The van der Waals surface area contributed by atoms with Crippen molar-refractivity contribution in [2.24, 2.45) is 0 Å². The van der Waals surface area contributed by atoms with Crippen LogP contribution in [0.1, 0.15) is 252 Å². The van der Waals surface area contributed by atoms with Crippen LogP contribution >= 0.6 is 0 Å². The van der Waals surface area contributed by atoms with Gasteiger partial charge < -0.3 is 14.2 Å². The quantitative estimate of drug-likeness (QED) is 0.0263. The van der Waals surface area contributed by atoms with Gasteiger partial charge in [0.2, 0.25) is 0 Å². The summed E-state index contributed by atoms with van der Waals surface area (Å²) < 4.78 is 16.6. The molecule has 0 aromatic rings. The molecule has 0 rings (SSSR count). The number of allylic oxidation sites excluding steroid dienone is 9. The van der Waals surface area contributed by atoms with E-state index in [0.717, 1.165) is 70.6 Å². The van der Waals surface area contributed by atoms with Gasteiger partial charge in [0.15, 0.2) is 6.10 Å². The maximum Gasteiger partial charge on any atom is 0.310 e.